The zero-order valence-electron chi connectivity index (χ0n) is 10.9. The molecule has 0 spiro atoms. The lowest BCUT2D eigenvalue weighted by Gasteiger charge is -2.00. The standard InChI is InChI=1S/C15H11ClN2O3/c16-12-4-2-11(3-5-12)15(19)18-17-8-10-1-6-13-14(7-10)21-9-20-13/h1-8H,9H2,(H,18,19)/b17-8+. The van der Waals surface area contributed by atoms with Crippen molar-refractivity contribution in [1.29, 1.82) is 0 Å². The van der Waals surface area contributed by atoms with Gasteiger partial charge in [-0.3, -0.25) is 4.79 Å². The Labute approximate surface area is 126 Å². The van der Waals surface area contributed by atoms with Crippen LogP contribution >= 0.6 is 11.6 Å². The van der Waals surface area contributed by atoms with E-state index in [0.29, 0.717) is 22.1 Å². The number of hydrogen-bond acceptors (Lipinski definition) is 4. The minimum absolute atomic E-state index is 0.225. The van der Waals surface area contributed by atoms with E-state index in [1.165, 1.54) is 6.21 Å². The Bertz CT molecular complexity index is 699. The molecule has 1 N–H and O–H groups in total. The molecule has 0 atom stereocenters. The predicted octanol–water partition coefficient (Wildman–Crippen LogP) is 2.83. The van der Waals surface area contributed by atoms with E-state index in [9.17, 15) is 4.79 Å². The Hall–Kier alpha value is -2.53. The summed E-state index contributed by atoms with van der Waals surface area (Å²) >= 11 is 5.76. The highest BCUT2D eigenvalue weighted by Gasteiger charge is 2.12. The molecular formula is C15H11ClN2O3. The van der Waals surface area contributed by atoms with E-state index in [4.69, 9.17) is 21.1 Å². The number of hydrogen-bond donors (Lipinski definition) is 1. The van der Waals surface area contributed by atoms with Crippen molar-refractivity contribution in [3.63, 3.8) is 0 Å². The van der Waals surface area contributed by atoms with Crippen molar-refractivity contribution in [2.75, 3.05) is 6.79 Å². The first-order valence-corrected chi connectivity index (χ1v) is 6.59. The van der Waals surface area contributed by atoms with Crippen LogP contribution in [0.3, 0.4) is 0 Å². The van der Waals surface area contributed by atoms with Gasteiger partial charge in [0.15, 0.2) is 11.5 Å². The van der Waals surface area contributed by atoms with Gasteiger partial charge in [0.2, 0.25) is 6.79 Å². The van der Waals surface area contributed by atoms with Crippen LogP contribution in [0.4, 0.5) is 0 Å². The minimum atomic E-state index is -0.302. The largest absolute Gasteiger partial charge is 0.454 e. The highest BCUT2D eigenvalue weighted by Crippen LogP contribution is 2.31. The van der Waals surface area contributed by atoms with E-state index in [-0.39, 0.29) is 12.7 Å². The fourth-order valence-electron chi connectivity index (χ4n) is 1.82. The van der Waals surface area contributed by atoms with Gasteiger partial charge in [0.25, 0.3) is 5.91 Å². The predicted molar refractivity (Wildman–Crippen MR) is 79.1 cm³/mol. The van der Waals surface area contributed by atoms with Crippen LogP contribution in [0.1, 0.15) is 15.9 Å². The first kappa shape index (κ1) is 13.5. The van der Waals surface area contributed by atoms with Crippen LogP contribution in [0.5, 0.6) is 11.5 Å². The maximum Gasteiger partial charge on any atom is 0.271 e. The number of rotatable bonds is 3. The molecule has 3 rings (SSSR count). The van der Waals surface area contributed by atoms with E-state index >= 15 is 0 Å². The molecule has 106 valence electrons. The highest BCUT2D eigenvalue weighted by molar-refractivity contribution is 6.30. The summed E-state index contributed by atoms with van der Waals surface area (Å²) in [5.41, 5.74) is 3.74. The molecule has 0 saturated carbocycles. The SMILES string of the molecule is O=C(N/N=C/c1ccc2c(c1)OCO2)c1ccc(Cl)cc1. The third-order valence-electron chi connectivity index (χ3n) is 2.88. The summed E-state index contributed by atoms with van der Waals surface area (Å²) in [5.74, 6) is 1.07. The lowest BCUT2D eigenvalue weighted by Crippen LogP contribution is -2.17. The smallest absolute Gasteiger partial charge is 0.271 e. The van der Waals surface area contributed by atoms with Gasteiger partial charge in [-0.25, -0.2) is 5.43 Å². The van der Waals surface area contributed by atoms with Crippen molar-refractivity contribution in [1.82, 2.24) is 5.43 Å². The molecule has 0 aromatic heterocycles. The maximum absolute atomic E-state index is 11.8. The van der Waals surface area contributed by atoms with E-state index in [1.807, 2.05) is 6.07 Å². The van der Waals surface area contributed by atoms with Gasteiger partial charge < -0.3 is 9.47 Å². The summed E-state index contributed by atoms with van der Waals surface area (Å²) in [7, 11) is 0. The number of benzene rings is 2. The molecule has 0 unspecified atom stereocenters. The second-order valence-corrected chi connectivity index (χ2v) is 4.76. The van der Waals surface area contributed by atoms with Gasteiger partial charge in [-0.1, -0.05) is 11.6 Å². The first-order chi connectivity index (χ1) is 10.2. The average molecular weight is 303 g/mol. The Kier molecular flexibility index (Phi) is 3.75. The summed E-state index contributed by atoms with van der Waals surface area (Å²) in [4.78, 5) is 11.8. The van der Waals surface area contributed by atoms with Gasteiger partial charge in [-0.05, 0) is 48.0 Å². The molecule has 21 heavy (non-hydrogen) atoms. The van der Waals surface area contributed by atoms with Crippen LogP contribution in [0, 0.1) is 0 Å². The lowest BCUT2D eigenvalue weighted by atomic mass is 10.2. The van der Waals surface area contributed by atoms with Crippen molar-refractivity contribution in [3.05, 3.63) is 58.6 Å². The number of nitrogens with one attached hydrogen (secondary N) is 1. The number of ether oxygens (including phenoxy) is 2. The Morgan fingerprint density at radius 3 is 2.71 bits per heavy atom. The third-order valence-corrected chi connectivity index (χ3v) is 3.13. The van der Waals surface area contributed by atoms with Gasteiger partial charge in [-0.15, -0.1) is 0 Å². The van der Waals surface area contributed by atoms with Gasteiger partial charge in [0.1, 0.15) is 0 Å². The van der Waals surface area contributed by atoms with E-state index in [0.717, 1.165) is 5.56 Å². The molecule has 1 heterocycles. The molecule has 2 aromatic carbocycles. The lowest BCUT2D eigenvalue weighted by molar-refractivity contribution is 0.0955. The van der Waals surface area contributed by atoms with Gasteiger partial charge in [0, 0.05) is 10.6 Å². The zero-order chi connectivity index (χ0) is 14.7. The van der Waals surface area contributed by atoms with Crippen LogP contribution in [-0.4, -0.2) is 18.9 Å². The van der Waals surface area contributed by atoms with Crippen molar-refractivity contribution >= 4 is 23.7 Å². The average Bonchev–Trinajstić information content (AvgIpc) is 2.95. The molecular weight excluding hydrogens is 292 g/mol. The Morgan fingerprint density at radius 2 is 1.90 bits per heavy atom. The quantitative estimate of drug-likeness (QED) is 0.700. The molecule has 0 saturated heterocycles. The number of carbonyl (C=O) groups is 1. The van der Waals surface area contributed by atoms with Crippen molar-refractivity contribution in [3.8, 4) is 11.5 Å². The summed E-state index contributed by atoms with van der Waals surface area (Å²) in [6.45, 7) is 0.225. The highest BCUT2D eigenvalue weighted by atomic mass is 35.5. The summed E-state index contributed by atoms with van der Waals surface area (Å²) in [5, 5.41) is 4.49. The number of halogens is 1. The molecule has 6 heteroatoms. The monoisotopic (exact) mass is 302 g/mol. The fourth-order valence-corrected chi connectivity index (χ4v) is 1.95. The normalized spacial score (nSPS) is 12.6. The Balaban J connectivity index is 1.64. The summed E-state index contributed by atoms with van der Waals surface area (Å²) in [6, 6.07) is 12.0. The summed E-state index contributed by atoms with van der Waals surface area (Å²) < 4.78 is 10.5. The molecule has 0 radical (unpaired) electrons. The van der Waals surface area contributed by atoms with Crippen LogP contribution in [0.25, 0.3) is 0 Å². The number of amides is 1. The number of fused-ring (bicyclic) bond motifs is 1. The molecule has 5 nitrogen and oxygen atoms in total. The van der Waals surface area contributed by atoms with Crippen molar-refractivity contribution in [2.24, 2.45) is 5.10 Å². The topological polar surface area (TPSA) is 59.9 Å². The van der Waals surface area contributed by atoms with Gasteiger partial charge in [0.05, 0.1) is 6.21 Å². The van der Waals surface area contributed by atoms with Crippen LogP contribution in [-0.2, 0) is 0 Å². The number of nitrogens with zero attached hydrogens (tertiary/aromatic N) is 1. The molecule has 1 aliphatic heterocycles. The molecule has 1 amide bonds. The molecule has 1 aliphatic rings. The first-order valence-electron chi connectivity index (χ1n) is 6.21. The Morgan fingerprint density at radius 1 is 1.14 bits per heavy atom. The van der Waals surface area contributed by atoms with Crippen LogP contribution in [0.2, 0.25) is 5.02 Å². The van der Waals surface area contributed by atoms with Crippen LogP contribution in [0.15, 0.2) is 47.6 Å². The molecule has 0 aliphatic carbocycles. The number of carbonyl (C=O) groups excluding carboxylic acids is 1. The summed E-state index contributed by atoms with van der Waals surface area (Å²) in [6.07, 6.45) is 1.54. The number of hydrazone groups is 1. The van der Waals surface area contributed by atoms with E-state index in [1.54, 1.807) is 36.4 Å². The fraction of sp³-hybridized carbons (Fsp3) is 0.0667. The molecule has 2 aromatic rings. The van der Waals surface area contributed by atoms with Crippen LogP contribution < -0.4 is 14.9 Å². The van der Waals surface area contributed by atoms with Gasteiger partial charge in [-0.2, -0.15) is 5.10 Å². The van der Waals surface area contributed by atoms with Crippen molar-refractivity contribution in [2.45, 2.75) is 0 Å². The third kappa shape index (κ3) is 3.14. The molecule has 0 bridgehead atoms. The maximum atomic E-state index is 11.8. The zero-order valence-corrected chi connectivity index (χ0v) is 11.6. The van der Waals surface area contributed by atoms with E-state index < -0.39 is 0 Å². The second-order valence-electron chi connectivity index (χ2n) is 4.32. The van der Waals surface area contributed by atoms with E-state index in [2.05, 4.69) is 10.5 Å². The minimum Gasteiger partial charge on any atom is -0.454 e. The second kappa shape index (κ2) is 5.85. The molecule has 0 fully saturated rings. The van der Waals surface area contributed by atoms with Crippen molar-refractivity contribution < 1.29 is 14.3 Å². The van der Waals surface area contributed by atoms with Gasteiger partial charge >= 0.3 is 0 Å².